The van der Waals surface area contributed by atoms with Crippen molar-refractivity contribution in [3.63, 3.8) is 0 Å². The van der Waals surface area contributed by atoms with E-state index in [-0.39, 0.29) is 30.0 Å². The van der Waals surface area contributed by atoms with E-state index in [1.165, 1.54) is 24.8 Å². The maximum Gasteiger partial charge on any atom is 0.223 e. The number of amides is 1. The molecule has 196 valence electrons. The zero-order chi connectivity index (χ0) is 25.3. The molecule has 1 saturated carbocycles. The molecule has 1 fully saturated rings. The van der Waals surface area contributed by atoms with Gasteiger partial charge in [-0.3, -0.25) is 4.79 Å². The third kappa shape index (κ3) is 8.82. The lowest BCUT2D eigenvalue weighted by Crippen LogP contribution is -2.41. The third-order valence-electron chi connectivity index (χ3n) is 7.99. The summed E-state index contributed by atoms with van der Waals surface area (Å²) in [5.41, 5.74) is 1.53. The molecule has 34 heavy (non-hydrogen) atoms. The maximum atomic E-state index is 12.5. The Morgan fingerprint density at radius 2 is 1.82 bits per heavy atom. The molecule has 0 spiro atoms. The molecule has 2 aliphatic rings. The molecule has 2 aliphatic carbocycles. The van der Waals surface area contributed by atoms with Crippen molar-refractivity contribution in [1.82, 2.24) is 4.90 Å². The Kier molecular flexibility index (Phi) is 12.4. The first-order chi connectivity index (χ1) is 16.1. The molecule has 0 saturated heterocycles. The summed E-state index contributed by atoms with van der Waals surface area (Å²) < 4.78 is 0. The number of hydrogen-bond acceptors (Lipinski definition) is 3. The molecular weight excluding hydrogens is 422 g/mol. The van der Waals surface area contributed by atoms with Gasteiger partial charge in [0, 0.05) is 24.4 Å². The van der Waals surface area contributed by atoms with E-state index in [1.54, 1.807) is 0 Å². The summed E-state index contributed by atoms with van der Waals surface area (Å²) in [5.74, 6) is 1.94. The number of aliphatic hydroxyl groups is 2. The summed E-state index contributed by atoms with van der Waals surface area (Å²) in [5, 5.41) is 21.1. The van der Waals surface area contributed by atoms with Gasteiger partial charge < -0.3 is 15.1 Å². The van der Waals surface area contributed by atoms with Crippen molar-refractivity contribution >= 4 is 5.91 Å². The number of rotatable bonds is 15. The fourth-order valence-corrected chi connectivity index (χ4v) is 6.31. The van der Waals surface area contributed by atoms with Crippen LogP contribution in [-0.4, -0.2) is 45.3 Å². The van der Waals surface area contributed by atoms with E-state index in [1.807, 2.05) is 11.0 Å². The largest absolute Gasteiger partial charge is 0.392 e. The Morgan fingerprint density at radius 3 is 2.47 bits per heavy atom. The second kappa shape index (κ2) is 14.4. The van der Waals surface area contributed by atoms with Gasteiger partial charge in [0.1, 0.15) is 0 Å². The summed E-state index contributed by atoms with van der Waals surface area (Å²) in [6, 6.07) is 0.525. The third-order valence-corrected chi connectivity index (χ3v) is 7.99. The van der Waals surface area contributed by atoms with Gasteiger partial charge in [-0.25, -0.2) is 0 Å². The highest BCUT2D eigenvalue weighted by Crippen LogP contribution is 2.48. The predicted octanol–water partition coefficient (Wildman–Crippen LogP) is 6.66. The van der Waals surface area contributed by atoms with Crippen LogP contribution in [0.25, 0.3) is 0 Å². The Hall–Kier alpha value is -1.13. The van der Waals surface area contributed by atoms with Crippen LogP contribution >= 0.6 is 0 Å². The minimum atomic E-state index is -0.406. The minimum Gasteiger partial charge on any atom is -0.392 e. The normalized spacial score (nSPS) is 26.4. The maximum absolute atomic E-state index is 12.5. The molecule has 0 unspecified atom stereocenters. The number of carbonyl (C=O) groups excluding carboxylic acids is 1. The summed E-state index contributed by atoms with van der Waals surface area (Å²) in [7, 11) is 0. The molecular formula is C30H53NO3. The molecule has 0 aromatic heterocycles. The van der Waals surface area contributed by atoms with Crippen LogP contribution in [0.4, 0.5) is 0 Å². The number of fused-ring (bicyclic) bond motifs is 1. The zero-order valence-electron chi connectivity index (χ0n) is 22.9. The summed E-state index contributed by atoms with van der Waals surface area (Å²) in [6.07, 6.45) is 17.1. The number of allylic oxidation sites excluding steroid dienone is 2. The van der Waals surface area contributed by atoms with Crippen LogP contribution in [0.1, 0.15) is 112 Å². The van der Waals surface area contributed by atoms with E-state index in [0.29, 0.717) is 24.2 Å². The summed E-state index contributed by atoms with van der Waals surface area (Å²) in [6.45, 7) is 12.8. The number of carbonyl (C=O) groups is 1. The van der Waals surface area contributed by atoms with Gasteiger partial charge in [-0.1, -0.05) is 63.3 Å². The average Bonchev–Trinajstić information content (AvgIpc) is 3.26. The van der Waals surface area contributed by atoms with E-state index >= 15 is 0 Å². The van der Waals surface area contributed by atoms with Crippen molar-refractivity contribution in [3.8, 4) is 0 Å². The average molecular weight is 476 g/mol. The summed E-state index contributed by atoms with van der Waals surface area (Å²) in [4.78, 5) is 14.5. The lowest BCUT2D eigenvalue weighted by atomic mass is 9.88. The number of nitrogens with zero attached hydrogens (tertiary/aromatic N) is 1. The zero-order valence-corrected chi connectivity index (χ0v) is 22.9. The fourth-order valence-electron chi connectivity index (χ4n) is 6.31. The van der Waals surface area contributed by atoms with Crippen molar-refractivity contribution in [2.75, 3.05) is 0 Å². The molecule has 4 heteroatoms. The van der Waals surface area contributed by atoms with Gasteiger partial charge in [0.05, 0.1) is 12.2 Å². The highest BCUT2D eigenvalue weighted by molar-refractivity contribution is 5.76. The van der Waals surface area contributed by atoms with Crippen molar-refractivity contribution in [1.29, 1.82) is 0 Å². The first kappa shape index (κ1) is 29.1. The van der Waals surface area contributed by atoms with Crippen LogP contribution in [0, 0.1) is 23.7 Å². The van der Waals surface area contributed by atoms with Crippen molar-refractivity contribution in [2.24, 2.45) is 23.7 Å². The van der Waals surface area contributed by atoms with E-state index in [9.17, 15) is 15.0 Å². The van der Waals surface area contributed by atoms with E-state index < -0.39 is 6.10 Å². The van der Waals surface area contributed by atoms with Crippen molar-refractivity contribution in [3.05, 3.63) is 23.8 Å². The SMILES string of the molecule is CCCC[C@H](C)C[C@H](O)/C=C/[C@@H]1[C@H]2CC(CCCCCC(=O)N(C(C)C)C(C)C)=C[C@H]2C[C@H]1O. The molecule has 0 aromatic carbocycles. The lowest BCUT2D eigenvalue weighted by molar-refractivity contribution is -0.134. The molecule has 0 aromatic rings. The summed E-state index contributed by atoms with van der Waals surface area (Å²) >= 11 is 0. The molecule has 4 nitrogen and oxygen atoms in total. The van der Waals surface area contributed by atoms with Gasteiger partial charge in [-0.15, -0.1) is 0 Å². The predicted molar refractivity (Wildman–Crippen MR) is 142 cm³/mol. The van der Waals surface area contributed by atoms with Crippen LogP contribution < -0.4 is 0 Å². The van der Waals surface area contributed by atoms with Crippen LogP contribution in [-0.2, 0) is 4.79 Å². The lowest BCUT2D eigenvalue weighted by Gasteiger charge is -2.30. The van der Waals surface area contributed by atoms with E-state index in [2.05, 4.69) is 53.7 Å². The Labute approximate surface area is 209 Å². The van der Waals surface area contributed by atoms with Gasteiger partial charge >= 0.3 is 0 Å². The standard InChI is InChI=1S/C30H53NO3/c1-7-8-12-23(6)17-26(32)15-16-27-28-19-24(18-25(28)20-29(27)33)13-10-9-11-14-30(34)31(21(2)3)22(4)5/h15-16,18,21-23,25-29,32-33H,7-14,17,19-20H2,1-6H3/b16-15+/t23-,25-,26+,27+,28-,29+/m0/s1. The van der Waals surface area contributed by atoms with Gasteiger partial charge in [0.15, 0.2) is 0 Å². The van der Waals surface area contributed by atoms with Crippen LogP contribution in [0.5, 0.6) is 0 Å². The smallest absolute Gasteiger partial charge is 0.223 e. The molecule has 0 aliphatic heterocycles. The Balaban J connectivity index is 1.73. The topological polar surface area (TPSA) is 60.8 Å². The second-order valence-electron chi connectivity index (χ2n) is 11.7. The highest BCUT2D eigenvalue weighted by Gasteiger charge is 2.43. The molecule has 0 heterocycles. The van der Waals surface area contributed by atoms with Gasteiger partial charge in [-0.2, -0.15) is 0 Å². The van der Waals surface area contributed by atoms with Crippen molar-refractivity contribution < 1.29 is 15.0 Å². The Morgan fingerprint density at radius 1 is 1.12 bits per heavy atom. The molecule has 2 rings (SSSR count). The van der Waals surface area contributed by atoms with E-state index in [4.69, 9.17) is 0 Å². The molecule has 2 N–H and O–H groups in total. The highest BCUT2D eigenvalue weighted by atomic mass is 16.3. The Bertz CT molecular complexity index is 660. The van der Waals surface area contributed by atoms with Gasteiger partial charge in [0.2, 0.25) is 5.91 Å². The fraction of sp³-hybridized carbons (Fsp3) is 0.833. The molecule has 0 radical (unpaired) electrons. The van der Waals surface area contributed by atoms with Crippen LogP contribution in [0.2, 0.25) is 0 Å². The second-order valence-corrected chi connectivity index (χ2v) is 11.7. The van der Waals surface area contributed by atoms with Gasteiger partial charge in [-0.05, 0) is 84.0 Å². The molecule has 1 amide bonds. The number of unbranched alkanes of at least 4 members (excludes halogenated alkanes) is 3. The van der Waals surface area contributed by atoms with Crippen LogP contribution in [0.15, 0.2) is 23.8 Å². The number of aliphatic hydroxyl groups excluding tert-OH is 2. The molecule has 0 bridgehead atoms. The first-order valence-electron chi connectivity index (χ1n) is 14.2. The first-order valence-corrected chi connectivity index (χ1v) is 14.2. The van der Waals surface area contributed by atoms with Gasteiger partial charge in [0.25, 0.3) is 0 Å². The quantitative estimate of drug-likeness (QED) is 0.206. The monoisotopic (exact) mass is 475 g/mol. The van der Waals surface area contributed by atoms with Crippen molar-refractivity contribution in [2.45, 2.75) is 136 Å². The van der Waals surface area contributed by atoms with Crippen LogP contribution in [0.3, 0.4) is 0 Å². The molecule has 6 atom stereocenters. The van der Waals surface area contributed by atoms with E-state index in [0.717, 1.165) is 44.9 Å². The minimum absolute atomic E-state index is 0.162. The number of hydrogen-bond donors (Lipinski definition) is 2.